The standard InChI is InChI=1S/C26H35N3O5S/c1-20(26(31)27-22-13-8-5-9-14-22)28(18-21-11-6-4-7-12-21)25(30)19-29(35(3,32)33)23-15-10-16-24(17-23)34-2/h4,6-7,10-12,15-17,20,22H,5,8-9,13-14,18-19H2,1-3H3,(H,27,31)/t20-/m0/s1. The number of carbonyl (C=O) groups is 2. The third-order valence-corrected chi connectivity index (χ3v) is 7.48. The molecule has 0 spiro atoms. The molecular formula is C26H35N3O5S. The molecule has 0 bridgehead atoms. The van der Waals surface area contributed by atoms with E-state index in [0.717, 1.165) is 41.8 Å². The highest BCUT2D eigenvalue weighted by molar-refractivity contribution is 7.92. The maximum Gasteiger partial charge on any atom is 0.244 e. The molecule has 0 radical (unpaired) electrons. The van der Waals surface area contributed by atoms with E-state index in [2.05, 4.69) is 5.32 Å². The Labute approximate surface area is 208 Å². The second kappa shape index (κ2) is 12.1. The van der Waals surface area contributed by atoms with Crippen LogP contribution in [0.1, 0.15) is 44.6 Å². The van der Waals surface area contributed by atoms with Crippen molar-refractivity contribution in [1.82, 2.24) is 10.2 Å². The third-order valence-electron chi connectivity index (χ3n) is 6.34. The highest BCUT2D eigenvalue weighted by Crippen LogP contribution is 2.24. The van der Waals surface area contributed by atoms with E-state index >= 15 is 0 Å². The Morgan fingerprint density at radius 3 is 2.37 bits per heavy atom. The first-order valence-corrected chi connectivity index (χ1v) is 13.8. The zero-order chi connectivity index (χ0) is 25.4. The number of amides is 2. The zero-order valence-corrected chi connectivity index (χ0v) is 21.5. The summed E-state index contributed by atoms with van der Waals surface area (Å²) in [6.45, 7) is 1.45. The summed E-state index contributed by atoms with van der Waals surface area (Å²) in [5.41, 5.74) is 1.17. The van der Waals surface area contributed by atoms with Crippen molar-refractivity contribution in [2.45, 2.75) is 57.7 Å². The molecule has 3 rings (SSSR count). The van der Waals surface area contributed by atoms with E-state index in [4.69, 9.17) is 4.74 Å². The maximum absolute atomic E-state index is 13.6. The molecule has 1 saturated carbocycles. The number of carbonyl (C=O) groups excluding carboxylic acids is 2. The molecule has 0 unspecified atom stereocenters. The van der Waals surface area contributed by atoms with Crippen LogP contribution in [0.5, 0.6) is 5.75 Å². The lowest BCUT2D eigenvalue weighted by atomic mass is 9.95. The van der Waals surface area contributed by atoms with Crippen molar-refractivity contribution in [3.63, 3.8) is 0 Å². The predicted octanol–water partition coefficient (Wildman–Crippen LogP) is 3.33. The molecule has 0 heterocycles. The second-order valence-corrected chi connectivity index (χ2v) is 10.9. The number of anilines is 1. The Morgan fingerprint density at radius 2 is 1.74 bits per heavy atom. The second-order valence-electron chi connectivity index (χ2n) is 9.00. The van der Waals surface area contributed by atoms with E-state index in [1.807, 2.05) is 30.3 Å². The monoisotopic (exact) mass is 501 g/mol. The fraction of sp³-hybridized carbons (Fsp3) is 0.462. The van der Waals surface area contributed by atoms with Gasteiger partial charge in [0.15, 0.2) is 0 Å². The van der Waals surface area contributed by atoms with Crippen LogP contribution in [0.15, 0.2) is 54.6 Å². The van der Waals surface area contributed by atoms with Gasteiger partial charge in [-0.1, -0.05) is 55.7 Å². The highest BCUT2D eigenvalue weighted by Gasteiger charge is 2.31. The molecule has 8 nitrogen and oxygen atoms in total. The molecule has 0 aliphatic heterocycles. The summed E-state index contributed by atoms with van der Waals surface area (Å²) in [7, 11) is -2.29. The van der Waals surface area contributed by atoms with Gasteiger partial charge in [-0.05, 0) is 37.5 Å². The van der Waals surface area contributed by atoms with Crippen molar-refractivity contribution < 1.29 is 22.7 Å². The number of nitrogens with zero attached hydrogens (tertiary/aromatic N) is 2. The van der Waals surface area contributed by atoms with E-state index < -0.39 is 28.5 Å². The molecule has 1 aliphatic rings. The minimum Gasteiger partial charge on any atom is -0.497 e. The van der Waals surface area contributed by atoms with Gasteiger partial charge in [-0.2, -0.15) is 0 Å². The van der Waals surface area contributed by atoms with Crippen molar-refractivity contribution in [3.8, 4) is 5.75 Å². The first-order valence-electron chi connectivity index (χ1n) is 11.9. The van der Waals surface area contributed by atoms with Crippen LogP contribution < -0.4 is 14.4 Å². The molecule has 0 saturated heterocycles. The molecule has 1 aliphatic carbocycles. The van der Waals surface area contributed by atoms with Crippen LogP contribution in [0.3, 0.4) is 0 Å². The molecule has 9 heteroatoms. The average Bonchev–Trinajstić information content (AvgIpc) is 2.85. The Kier molecular flexibility index (Phi) is 9.14. The van der Waals surface area contributed by atoms with E-state index in [0.29, 0.717) is 11.4 Å². The van der Waals surface area contributed by atoms with Gasteiger partial charge >= 0.3 is 0 Å². The lowest BCUT2D eigenvalue weighted by Crippen LogP contribution is -2.52. The van der Waals surface area contributed by atoms with E-state index in [9.17, 15) is 18.0 Å². The lowest BCUT2D eigenvalue weighted by Gasteiger charge is -2.33. The van der Waals surface area contributed by atoms with E-state index in [-0.39, 0.29) is 18.5 Å². The van der Waals surface area contributed by atoms with Gasteiger partial charge < -0.3 is 15.0 Å². The fourth-order valence-electron chi connectivity index (χ4n) is 4.31. The molecule has 1 fully saturated rings. The number of hydrogen-bond acceptors (Lipinski definition) is 5. The van der Waals surface area contributed by atoms with Crippen LogP contribution in [0.4, 0.5) is 5.69 Å². The molecule has 1 atom stereocenters. The fourth-order valence-corrected chi connectivity index (χ4v) is 5.15. The molecule has 2 aromatic carbocycles. The molecule has 0 aromatic heterocycles. The Morgan fingerprint density at radius 1 is 1.06 bits per heavy atom. The summed E-state index contributed by atoms with van der Waals surface area (Å²) in [5.74, 6) is -0.216. The van der Waals surface area contributed by atoms with Crippen LogP contribution in [-0.2, 0) is 26.2 Å². The van der Waals surface area contributed by atoms with Crippen molar-refractivity contribution >= 4 is 27.5 Å². The van der Waals surface area contributed by atoms with Crippen molar-refractivity contribution in [3.05, 3.63) is 60.2 Å². The average molecular weight is 502 g/mol. The van der Waals surface area contributed by atoms with Crippen molar-refractivity contribution in [1.29, 1.82) is 0 Å². The number of benzene rings is 2. The van der Waals surface area contributed by atoms with Gasteiger partial charge in [-0.15, -0.1) is 0 Å². The first-order chi connectivity index (χ1) is 16.7. The van der Waals surface area contributed by atoms with Gasteiger partial charge in [0.2, 0.25) is 21.8 Å². The van der Waals surface area contributed by atoms with Crippen molar-refractivity contribution in [2.24, 2.45) is 0 Å². The minimum atomic E-state index is -3.78. The quantitative estimate of drug-likeness (QED) is 0.539. The summed E-state index contributed by atoms with van der Waals surface area (Å²) in [6.07, 6.45) is 6.25. The summed E-state index contributed by atoms with van der Waals surface area (Å²) in [5, 5.41) is 3.09. The van der Waals surface area contributed by atoms with Crippen molar-refractivity contribution in [2.75, 3.05) is 24.2 Å². The number of hydrogen-bond donors (Lipinski definition) is 1. The van der Waals surface area contributed by atoms with Crippen LogP contribution in [-0.4, -0.2) is 57.1 Å². The predicted molar refractivity (Wildman–Crippen MR) is 137 cm³/mol. The number of sulfonamides is 1. The smallest absolute Gasteiger partial charge is 0.244 e. The number of nitrogens with one attached hydrogen (secondary N) is 1. The Bertz CT molecular complexity index is 1100. The van der Waals surface area contributed by atoms with Crippen LogP contribution in [0, 0.1) is 0 Å². The first kappa shape index (κ1) is 26.5. The van der Waals surface area contributed by atoms with Crippen LogP contribution in [0.2, 0.25) is 0 Å². The topological polar surface area (TPSA) is 96.0 Å². The van der Waals surface area contributed by atoms with Gasteiger partial charge in [0, 0.05) is 18.7 Å². The lowest BCUT2D eigenvalue weighted by molar-refractivity contribution is -0.139. The van der Waals surface area contributed by atoms with Gasteiger partial charge in [0.1, 0.15) is 18.3 Å². The SMILES string of the molecule is COc1cccc(N(CC(=O)N(Cc2ccccc2)[C@@H](C)C(=O)NC2CCCCC2)S(C)(=O)=O)c1. The van der Waals surface area contributed by atoms with Crippen LogP contribution in [0.25, 0.3) is 0 Å². The molecule has 2 amide bonds. The maximum atomic E-state index is 13.6. The normalized spacial score (nSPS) is 15.2. The van der Waals surface area contributed by atoms with E-state index in [1.165, 1.54) is 18.4 Å². The molecule has 35 heavy (non-hydrogen) atoms. The molecule has 2 aromatic rings. The van der Waals surface area contributed by atoms with Crippen LogP contribution >= 0.6 is 0 Å². The van der Waals surface area contributed by atoms with E-state index in [1.54, 1.807) is 31.2 Å². The Balaban J connectivity index is 1.85. The number of ether oxygens (including phenoxy) is 1. The Hall–Kier alpha value is -3.07. The number of rotatable bonds is 10. The van der Waals surface area contributed by atoms with Gasteiger partial charge in [0.25, 0.3) is 0 Å². The number of methoxy groups -OCH3 is 1. The van der Waals surface area contributed by atoms with Gasteiger partial charge in [-0.25, -0.2) is 8.42 Å². The van der Waals surface area contributed by atoms with Gasteiger partial charge in [-0.3, -0.25) is 13.9 Å². The van der Waals surface area contributed by atoms with Gasteiger partial charge in [0.05, 0.1) is 19.1 Å². The highest BCUT2D eigenvalue weighted by atomic mass is 32.2. The summed E-state index contributed by atoms with van der Waals surface area (Å²) in [4.78, 5) is 28.2. The zero-order valence-electron chi connectivity index (χ0n) is 20.6. The summed E-state index contributed by atoms with van der Waals surface area (Å²) < 4.78 is 31.6. The molecular weight excluding hydrogens is 466 g/mol. The third kappa shape index (κ3) is 7.45. The summed E-state index contributed by atoms with van der Waals surface area (Å²) in [6, 6.07) is 15.2. The largest absolute Gasteiger partial charge is 0.497 e. The minimum absolute atomic E-state index is 0.108. The molecule has 190 valence electrons. The molecule has 1 N–H and O–H groups in total. The summed E-state index contributed by atoms with van der Waals surface area (Å²) >= 11 is 0.